The lowest BCUT2D eigenvalue weighted by Gasteiger charge is -2.05. The third-order valence-corrected chi connectivity index (χ3v) is 2.80. The molecule has 18 heavy (non-hydrogen) atoms. The number of anilines is 1. The number of hydrogen-bond donors (Lipinski definition) is 1. The van der Waals surface area contributed by atoms with E-state index < -0.39 is 0 Å². The first kappa shape index (κ1) is 14.6. The average Bonchev–Trinajstić information content (AvgIpc) is 2.82. The molecule has 1 N–H and O–H groups in total. The maximum absolute atomic E-state index is 4.51. The van der Waals surface area contributed by atoms with E-state index in [1.807, 2.05) is 22.5 Å². The van der Waals surface area contributed by atoms with E-state index >= 15 is 0 Å². The molecule has 100 valence electrons. The van der Waals surface area contributed by atoms with Gasteiger partial charge in [-0.3, -0.25) is 9.36 Å². The maximum atomic E-state index is 4.51. The summed E-state index contributed by atoms with van der Waals surface area (Å²) in [5.41, 5.74) is 2.31. The average molecular weight is 270 g/mol. The Morgan fingerprint density at radius 1 is 1.39 bits per heavy atom. The van der Waals surface area contributed by atoms with Gasteiger partial charge >= 0.3 is 0 Å². The number of hydrogen-bond acceptors (Lipinski definition) is 3. The predicted octanol–water partition coefficient (Wildman–Crippen LogP) is 2.54. The quantitative estimate of drug-likeness (QED) is 0.928. The Balaban J connectivity index is 0.00000162. The first-order valence-corrected chi connectivity index (χ1v) is 5.84. The van der Waals surface area contributed by atoms with Crippen LogP contribution in [0.4, 0.5) is 5.82 Å². The normalized spacial score (nSPS) is 10.5. The molecule has 2 rings (SSSR count). The minimum Gasteiger partial charge on any atom is -0.363 e. The molecule has 0 saturated carbocycles. The topological polar surface area (TPSA) is 47.7 Å². The number of rotatable bonds is 4. The summed E-state index contributed by atoms with van der Waals surface area (Å²) in [4.78, 5) is 0. The van der Waals surface area contributed by atoms with Gasteiger partial charge in [0.15, 0.2) is 5.82 Å². The van der Waals surface area contributed by atoms with E-state index in [2.05, 4.69) is 42.5 Å². The first-order chi connectivity index (χ1) is 8.08. The SMILES string of the molecule is Cc1cn(C(C)C)nc1NCc1ccnn1C.Cl. The molecule has 0 radical (unpaired) electrons. The summed E-state index contributed by atoms with van der Waals surface area (Å²) in [6, 6.07) is 2.39. The second kappa shape index (κ2) is 5.91. The predicted molar refractivity (Wildman–Crippen MR) is 75.1 cm³/mol. The van der Waals surface area contributed by atoms with E-state index in [4.69, 9.17) is 0 Å². The third-order valence-electron chi connectivity index (χ3n) is 2.80. The smallest absolute Gasteiger partial charge is 0.151 e. The molecule has 6 heteroatoms. The Hall–Kier alpha value is -1.49. The van der Waals surface area contributed by atoms with Gasteiger partial charge in [-0.05, 0) is 26.8 Å². The summed E-state index contributed by atoms with van der Waals surface area (Å²) in [5.74, 6) is 0.944. The molecule has 0 saturated heterocycles. The van der Waals surface area contributed by atoms with Crippen molar-refractivity contribution in [3.05, 3.63) is 29.7 Å². The van der Waals surface area contributed by atoms with Crippen molar-refractivity contribution < 1.29 is 0 Å². The van der Waals surface area contributed by atoms with Crippen molar-refractivity contribution in [3.63, 3.8) is 0 Å². The highest BCUT2D eigenvalue weighted by Gasteiger charge is 2.07. The van der Waals surface area contributed by atoms with Gasteiger partial charge in [0, 0.05) is 31.0 Å². The van der Waals surface area contributed by atoms with Crippen LogP contribution in [-0.2, 0) is 13.6 Å². The van der Waals surface area contributed by atoms with Gasteiger partial charge in [0.1, 0.15) is 0 Å². The second-order valence-electron chi connectivity index (χ2n) is 4.53. The van der Waals surface area contributed by atoms with Gasteiger partial charge in [-0.1, -0.05) is 0 Å². The highest BCUT2D eigenvalue weighted by atomic mass is 35.5. The van der Waals surface area contributed by atoms with Crippen LogP contribution < -0.4 is 5.32 Å². The van der Waals surface area contributed by atoms with Crippen LogP contribution in [0.25, 0.3) is 0 Å². The van der Waals surface area contributed by atoms with Gasteiger partial charge in [-0.25, -0.2) is 0 Å². The van der Waals surface area contributed by atoms with Gasteiger partial charge in [-0.2, -0.15) is 10.2 Å². The molecule has 0 bridgehead atoms. The van der Waals surface area contributed by atoms with Crippen molar-refractivity contribution in [2.24, 2.45) is 7.05 Å². The third kappa shape index (κ3) is 3.04. The van der Waals surface area contributed by atoms with Gasteiger partial charge in [0.25, 0.3) is 0 Å². The summed E-state index contributed by atoms with van der Waals surface area (Å²) in [7, 11) is 1.94. The molecule has 0 aliphatic carbocycles. The maximum Gasteiger partial charge on any atom is 0.151 e. The fourth-order valence-corrected chi connectivity index (χ4v) is 1.67. The Morgan fingerprint density at radius 2 is 2.11 bits per heavy atom. The molecular weight excluding hydrogens is 250 g/mol. The van der Waals surface area contributed by atoms with E-state index in [9.17, 15) is 0 Å². The molecule has 0 aliphatic heterocycles. The van der Waals surface area contributed by atoms with E-state index in [-0.39, 0.29) is 12.4 Å². The summed E-state index contributed by atoms with van der Waals surface area (Å²) < 4.78 is 3.84. The Kier molecular flexibility index (Phi) is 4.78. The van der Waals surface area contributed by atoms with Crippen LogP contribution in [0.3, 0.4) is 0 Å². The Labute approximate surface area is 114 Å². The van der Waals surface area contributed by atoms with Crippen LogP contribution in [0.5, 0.6) is 0 Å². The number of nitrogens with zero attached hydrogens (tertiary/aromatic N) is 4. The summed E-state index contributed by atoms with van der Waals surface area (Å²) in [5, 5.41) is 12.0. The number of nitrogens with one attached hydrogen (secondary N) is 1. The first-order valence-electron chi connectivity index (χ1n) is 5.84. The number of aromatic nitrogens is 4. The van der Waals surface area contributed by atoms with Crippen molar-refractivity contribution in [2.75, 3.05) is 5.32 Å². The number of aryl methyl sites for hydroxylation is 2. The zero-order valence-electron chi connectivity index (χ0n) is 11.2. The van der Waals surface area contributed by atoms with Gasteiger partial charge in [-0.15, -0.1) is 12.4 Å². The fourth-order valence-electron chi connectivity index (χ4n) is 1.67. The van der Waals surface area contributed by atoms with Crippen LogP contribution >= 0.6 is 12.4 Å². The van der Waals surface area contributed by atoms with Crippen LogP contribution in [0.2, 0.25) is 0 Å². The molecule has 0 spiro atoms. The molecule has 0 aliphatic rings. The Bertz CT molecular complexity index is 500. The summed E-state index contributed by atoms with van der Waals surface area (Å²) in [6.07, 6.45) is 3.87. The van der Waals surface area contributed by atoms with E-state index in [1.165, 1.54) is 5.56 Å². The largest absolute Gasteiger partial charge is 0.363 e. The molecule has 0 unspecified atom stereocenters. The van der Waals surface area contributed by atoms with E-state index in [0.717, 1.165) is 18.1 Å². The molecule has 2 aromatic heterocycles. The van der Waals surface area contributed by atoms with Crippen LogP contribution in [0, 0.1) is 6.92 Å². The molecule has 2 aromatic rings. The van der Waals surface area contributed by atoms with Gasteiger partial charge in [0.2, 0.25) is 0 Å². The molecule has 0 amide bonds. The summed E-state index contributed by atoms with van der Waals surface area (Å²) >= 11 is 0. The fraction of sp³-hybridized carbons (Fsp3) is 0.500. The van der Waals surface area contributed by atoms with Crippen molar-refractivity contribution >= 4 is 18.2 Å². The minimum atomic E-state index is 0. The van der Waals surface area contributed by atoms with E-state index in [1.54, 1.807) is 6.20 Å². The van der Waals surface area contributed by atoms with Crippen LogP contribution in [-0.4, -0.2) is 19.6 Å². The zero-order chi connectivity index (χ0) is 12.4. The lowest BCUT2D eigenvalue weighted by molar-refractivity contribution is 0.533. The minimum absolute atomic E-state index is 0. The zero-order valence-corrected chi connectivity index (χ0v) is 12.0. The van der Waals surface area contributed by atoms with Crippen molar-refractivity contribution in [3.8, 4) is 0 Å². The van der Waals surface area contributed by atoms with Crippen molar-refractivity contribution in [2.45, 2.75) is 33.4 Å². The Morgan fingerprint density at radius 3 is 2.61 bits per heavy atom. The van der Waals surface area contributed by atoms with E-state index in [0.29, 0.717) is 6.04 Å². The van der Waals surface area contributed by atoms with Crippen LogP contribution in [0.15, 0.2) is 18.5 Å². The molecule has 5 nitrogen and oxygen atoms in total. The molecule has 0 fully saturated rings. The number of halogens is 1. The summed E-state index contributed by atoms with van der Waals surface area (Å²) in [6.45, 7) is 7.05. The molecule has 2 heterocycles. The highest BCUT2D eigenvalue weighted by Crippen LogP contribution is 2.15. The molecule has 0 atom stereocenters. The molecular formula is C12H20ClN5. The lowest BCUT2D eigenvalue weighted by atomic mass is 10.3. The van der Waals surface area contributed by atoms with Crippen molar-refractivity contribution in [1.29, 1.82) is 0 Å². The van der Waals surface area contributed by atoms with Gasteiger partial charge < -0.3 is 5.32 Å². The lowest BCUT2D eigenvalue weighted by Crippen LogP contribution is -2.07. The van der Waals surface area contributed by atoms with Crippen LogP contribution in [0.1, 0.15) is 31.1 Å². The highest BCUT2D eigenvalue weighted by molar-refractivity contribution is 5.85. The van der Waals surface area contributed by atoms with Crippen molar-refractivity contribution in [1.82, 2.24) is 19.6 Å². The second-order valence-corrected chi connectivity index (χ2v) is 4.53. The monoisotopic (exact) mass is 269 g/mol. The van der Waals surface area contributed by atoms with Gasteiger partial charge in [0.05, 0.1) is 12.2 Å². The molecule has 0 aromatic carbocycles. The standard InChI is InChI=1S/C12H19N5.ClH/c1-9(2)17-8-10(3)12(15-17)13-7-11-5-6-14-16(11)4;/h5-6,8-9H,7H2,1-4H3,(H,13,15);1H.